The highest BCUT2D eigenvalue weighted by Gasteiger charge is 2.38. The predicted octanol–water partition coefficient (Wildman–Crippen LogP) is 6.47. The third kappa shape index (κ3) is 6.66. The van der Waals surface area contributed by atoms with E-state index < -0.39 is 31.3 Å². The summed E-state index contributed by atoms with van der Waals surface area (Å²) < 4.78 is 78.5. The summed E-state index contributed by atoms with van der Waals surface area (Å²) in [5, 5.41) is 14.0. The number of hydrogen-bond donors (Lipinski definition) is 4. The van der Waals surface area contributed by atoms with Crippen molar-refractivity contribution in [3.05, 3.63) is 108 Å². The van der Waals surface area contributed by atoms with Gasteiger partial charge in [0.2, 0.25) is 19.7 Å². The number of fused-ring (bicyclic) bond motifs is 6. The number of halogens is 2. The topological polar surface area (TPSA) is 116 Å². The Labute approximate surface area is 292 Å². The Morgan fingerprint density at radius 2 is 1.18 bits per heavy atom. The quantitative estimate of drug-likeness (QED) is 0.190. The van der Waals surface area contributed by atoms with Gasteiger partial charge < -0.3 is 21.3 Å². The highest BCUT2D eigenvalue weighted by atomic mass is 32.2. The second kappa shape index (κ2) is 13.7. The minimum absolute atomic E-state index is 0.00847. The standard InChI is InChI=1S/2C19H21FN2O2S/c1-12-11-21-8-7-18-19(12)16-10-15(5-6-17(16)22-18)25(23,24)14-4-2-3-13(20)9-14;1-12-9-16-17-11-15(5-6-18(17)22-19(16)7-8-21-12)25(23,24)14-4-2-3-13(20)10-14/h2-6,9-10,12,18-19,21-22H,7-8,11H2,1H3;2-6,10-12,16,19,21-22H,7-9H2,1H3/t12?,18-,19-;12?,16-,19-/m00/s1. The highest BCUT2D eigenvalue weighted by Crippen LogP contribution is 2.44. The zero-order valence-electron chi connectivity index (χ0n) is 28.0. The van der Waals surface area contributed by atoms with Crippen LogP contribution in [-0.4, -0.2) is 54.6 Å². The van der Waals surface area contributed by atoms with Gasteiger partial charge in [-0.1, -0.05) is 19.1 Å². The zero-order valence-corrected chi connectivity index (χ0v) is 29.6. The van der Waals surface area contributed by atoms with Crippen LogP contribution in [-0.2, 0) is 19.7 Å². The summed E-state index contributed by atoms with van der Waals surface area (Å²) in [6.45, 7) is 7.19. The molecule has 4 heterocycles. The Bertz CT molecular complexity index is 2130. The Morgan fingerprint density at radius 1 is 0.640 bits per heavy atom. The largest absolute Gasteiger partial charge is 0.381 e. The molecule has 0 radical (unpaired) electrons. The molecule has 4 aromatic rings. The summed E-state index contributed by atoms with van der Waals surface area (Å²) in [4.78, 5) is 0.435. The van der Waals surface area contributed by atoms with Gasteiger partial charge in [-0.25, -0.2) is 25.6 Å². The first-order valence-corrected chi connectivity index (χ1v) is 20.1. The summed E-state index contributed by atoms with van der Waals surface area (Å²) >= 11 is 0. The molecule has 8 nitrogen and oxygen atoms in total. The van der Waals surface area contributed by atoms with Crippen LogP contribution in [0.5, 0.6) is 0 Å². The third-order valence-electron chi connectivity index (χ3n) is 10.5. The van der Waals surface area contributed by atoms with E-state index >= 15 is 0 Å². The molecule has 4 aromatic carbocycles. The van der Waals surface area contributed by atoms with Crippen molar-refractivity contribution in [1.82, 2.24) is 10.6 Å². The van der Waals surface area contributed by atoms with E-state index in [1.807, 2.05) is 12.1 Å². The maximum Gasteiger partial charge on any atom is 0.206 e. The molecular formula is C38H42F2N4O4S2. The molecule has 50 heavy (non-hydrogen) atoms. The summed E-state index contributed by atoms with van der Waals surface area (Å²) in [5.41, 5.74) is 4.14. The lowest BCUT2D eigenvalue weighted by Crippen LogP contribution is -2.25. The predicted molar refractivity (Wildman–Crippen MR) is 190 cm³/mol. The van der Waals surface area contributed by atoms with Crippen molar-refractivity contribution in [1.29, 1.82) is 0 Å². The third-order valence-corrected chi connectivity index (χ3v) is 14.0. The van der Waals surface area contributed by atoms with E-state index in [0.29, 0.717) is 30.0 Å². The van der Waals surface area contributed by atoms with Gasteiger partial charge in [0.1, 0.15) is 11.6 Å². The van der Waals surface area contributed by atoms with Crippen LogP contribution in [0.4, 0.5) is 20.2 Å². The number of rotatable bonds is 4. The maximum absolute atomic E-state index is 13.5. The summed E-state index contributed by atoms with van der Waals surface area (Å²) in [6, 6.07) is 21.9. The van der Waals surface area contributed by atoms with Gasteiger partial charge in [0.15, 0.2) is 0 Å². The fraction of sp³-hybridized carbons (Fsp3) is 0.368. The first-order chi connectivity index (χ1) is 23.9. The van der Waals surface area contributed by atoms with Crippen LogP contribution < -0.4 is 21.3 Å². The summed E-state index contributed by atoms with van der Waals surface area (Å²) in [5.74, 6) is -0.108. The van der Waals surface area contributed by atoms with Crippen molar-refractivity contribution in [2.75, 3.05) is 30.3 Å². The van der Waals surface area contributed by atoms with Gasteiger partial charge in [-0.3, -0.25) is 0 Å². The molecule has 0 aliphatic carbocycles. The molecule has 8 rings (SSSR count). The molecule has 4 N–H and O–H groups in total. The van der Waals surface area contributed by atoms with Crippen LogP contribution in [0, 0.1) is 17.6 Å². The lowest BCUT2D eigenvalue weighted by Gasteiger charge is -2.22. The molecule has 6 atom stereocenters. The molecule has 2 fully saturated rings. The van der Waals surface area contributed by atoms with E-state index in [0.717, 1.165) is 73.5 Å². The van der Waals surface area contributed by atoms with Crippen LogP contribution >= 0.6 is 0 Å². The van der Waals surface area contributed by atoms with Gasteiger partial charge in [-0.15, -0.1) is 0 Å². The normalized spacial score (nSPS) is 25.6. The van der Waals surface area contributed by atoms with Gasteiger partial charge in [0.25, 0.3) is 0 Å². The van der Waals surface area contributed by atoms with Gasteiger partial charge >= 0.3 is 0 Å². The van der Waals surface area contributed by atoms with Crippen LogP contribution in [0.25, 0.3) is 0 Å². The van der Waals surface area contributed by atoms with E-state index in [1.165, 1.54) is 36.4 Å². The first-order valence-electron chi connectivity index (χ1n) is 17.2. The van der Waals surface area contributed by atoms with Crippen molar-refractivity contribution < 1.29 is 25.6 Å². The molecule has 0 bridgehead atoms. The minimum Gasteiger partial charge on any atom is -0.381 e. The average Bonchev–Trinajstić information content (AvgIpc) is 3.49. The fourth-order valence-electron chi connectivity index (χ4n) is 8.01. The average molecular weight is 721 g/mol. The van der Waals surface area contributed by atoms with Crippen molar-refractivity contribution in [2.45, 2.75) is 82.7 Å². The molecule has 4 aliphatic rings. The van der Waals surface area contributed by atoms with E-state index in [1.54, 1.807) is 24.3 Å². The number of sulfone groups is 2. The molecular weight excluding hydrogens is 679 g/mol. The summed E-state index contributed by atoms with van der Waals surface area (Å²) in [7, 11) is -7.46. The number of benzene rings is 4. The molecule has 0 spiro atoms. The van der Waals surface area contributed by atoms with Gasteiger partial charge in [-0.2, -0.15) is 0 Å². The van der Waals surface area contributed by atoms with Crippen LogP contribution in [0.15, 0.2) is 105 Å². The van der Waals surface area contributed by atoms with E-state index in [9.17, 15) is 25.6 Å². The Morgan fingerprint density at radius 3 is 1.80 bits per heavy atom. The monoisotopic (exact) mass is 720 g/mol. The zero-order chi connectivity index (χ0) is 35.2. The lowest BCUT2D eigenvalue weighted by atomic mass is 9.84. The van der Waals surface area contributed by atoms with Crippen molar-refractivity contribution in [3.8, 4) is 0 Å². The molecule has 264 valence electrons. The number of hydrogen-bond acceptors (Lipinski definition) is 8. The number of anilines is 2. The molecule has 12 heteroatoms. The molecule has 0 saturated carbocycles. The second-order valence-corrected chi connectivity index (χ2v) is 17.8. The molecule has 2 unspecified atom stereocenters. The lowest BCUT2D eigenvalue weighted by molar-refractivity contribution is 0.443. The Kier molecular flexibility index (Phi) is 9.48. The van der Waals surface area contributed by atoms with Crippen LogP contribution in [0.1, 0.15) is 56.1 Å². The van der Waals surface area contributed by atoms with Gasteiger partial charge in [-0.05, 0) is 136 Å². The molecule has 2 saturated heterocycles. The van der Waals surface area contributed by atoms with E-state index in [4.69, 9.17) is 0 Å². The maximum atomic E-state index is 13.5. The smallest absolute Gasteiger partial charge is 0.206 e. The van der Waals surface area contributed by atoms with Crippen LogP contribution in [0.2, 0.25) is 0 Å². The minimum atomic E-state index is -3.73. The summed E-state index contributed by atoms with van der Waals surface area (Å²) in [6.07, 6.45) is 2.99. The molecule has 0 amide bonds. The van der Waals surface area contributed by atoms with Gasteiger partial charge in [0.05, 0.1) is 19.6 Å². The van der Waals surface area contributed by atoms with Crippen molar-refractivity contribution >= 4 is 31.0 Å². The van der Waals surface area contributed by atoms with Gasteiger partial charge in [0, 0.05) is 41.3 Å². The Hall–Kier alpha value is -3.84. The second-order valence-electron chi connectivity index (χ2n) is 13.9. The first kappa shape index (κ1) is 34.6. The molecule has 0 aromatic heterocycles. The Balaban J connectivity index is 0.000000157. The SMILES string of the molecule is CC1CNCC[C@@H]2Nc3ccc(S(=O)(=O)c4cccc(F)c4)cc3[C@H]12.CC1C[C@H]2c3cc(S(=O)(=O)c4cccc(F)c4)ccc3N[C@H]2CCN1. The van der Waals surface area contributed by atoms with Crippen molar-refractivity contribution in [3.63, 3.8) is 0 Å². The number of nitrogens with one attached hydrogen (secondary N) is 4. The van der Waals surface area contributed by atoms with Crippen molar-refractivity contribution in [2.24, 2.45) is 5.92 Å². The van der Waals surface area contributed by atoms with E-state index in [2.05, 4.69) is 35.1 Å². The highest BCUT2D eigenvalue weighted by molar-refractivity contribution is 7.91. The van der Waals surface area contributed by atoms with Crippen LogP contribution in [0.3, 0.4) is 0 Å². The van der Waals surface area contributed by atoms with E-state index in [-0.39, 0.29) is 25.5 Å². The molecule has 4 aliphatic heterocycles. The fourth-order valence-corrected chi connectivity index (χ4v) is 10.7.